The van der Waals surface area contributed by atoms with Gasteiger partial charge in [-0.15, -0.1) is 11.3 Å². The van der Waals surface area contributed by atoms with Crippen LogP contribution in [-0.4, -0.2) is 15.8 Å². The number of amides is 1. The summed E-state index contributed by atoms with van der Waals surface area (Å²) >= 11 is 7.63. The van der Waals surface area contributed by atoms with E-state index in [1.54, 1.807) is 23.5 Å². The van der Waals surface area contributed by atoms with E-state index in [1.165, 1.54) is 17.7 Å². The van der Waals surface area contributed by atoms with E-state index in [2.05, 4.69) is 16.4 Å². The molecular formula is C21H14ClN3O3S. The van der Waals surface area contributed by atoms with Crippen molar-refractivity contribution < 1.29 is 9.72 Å². The number of rotatable bonds is 4. The number of nitro groups is 1. The molecule has 1 amide bonds. The summed E-state index contributed by atoms with van der Waals surface area (Å²) in [7, 11) is 0. The number of aryl methyl sites for hydroxylation is 1. The van der Waals surface area contributed by atoms with E-state index in [0.29, 0.717) is 5.69 Å². The third kappa shape index (κ3) is 3.96. The van der Waals surface area contributed by atoms with Crippen LogP contribution in [0.3, 0.4) is 0 Å². The second-order valence-electron chi connectivity index (χ2n) is 6.44. The van der Waals surface area contributed by atoms with Gasteiger partial charge in [-0.1, -0.05) is 17.7 Å². The fourth-order valence-electron chi connectivity index (χ4n) is 2.85. The van der Waals surface area contributed by atoms with Crippen molar-refractivity contribution in [2.45, 2.75) is 6.92 Å². The maximum atomic E-state index is 12.5. The van der Waals surface area contributed by atoms with E-state index in [0.717, 1.165) is 26.9 Å². The van der Waals surface area contributed by atoms with Gasteiger partial charge < -0.3 is 5.32 Å². The molecule has 0 bridgehead atoms. The first-order valence-corrected chi connectivity index (χ1v) is 9.83. The number of nitrogens with one attached hydrogen (secondary N) is 1. The van der Waals surface area contributed by atoms with Gasteiger partial charge in [0.1, 0.15) is 5.01 Å². The van der Waals surface area contributed by atoms with Gasteiger partial charge in [-0.05, 0) is 55.0 Å². The summed E-state index contributed by atoms with van der Waals surface area (Å²) in [6, 6.07) is 17.2. The van der Waals surface area contributed by atoms with E-state index in [9.17, 15) is 14.9 Å². The Morgan fingerprint density at radius 2 is 1.86 bits per heavy atom. The maximum absolute atomic E-state index is 12.5. The third-order valence-electron chi connectivity index (χ3n) is 4.34. The van der Waals surface area contributed by atoms with Crippen molar-refractivity contribution in [3.63, 3.8) is 0 Å². The Labute approximate surface area is 174 Å². The summed E-state index contributed by atoms with van der Waals surface area (Å²) in [5.41, 5.74) is 3.49. The molecule has 0 atom stereocenters. The highest BCUT2D eigenvalue weighted by molar-refractivity contribution is 7.21. The number of thiazole rings is 1. The SMILES string of the molecule is Cc1ccc2nc(-c3ccc(NC(=O)c4cc([N+](=O)[O-])ccc4Cl)cc3)sc2c1. The number of hydrogen-bond acceptors (Lipinski definition) is 5. The molecule has 1 aromatic heterocycles. The van der Waals surface area contributed by atoms with Gasteiger partial charge in [0.25, 0.3) is 11.6 Å². The van der Waals surface area contributed by atoms with Crippen LogP contribution in [-0.2, 0) is 0 Å². The highest BCUT2D eigenvalue weighted by Crippen LogP contribution is 2.31. The molecule has 0 aliphatic carbocycles. The van der Waals surface area contributed by atoms with Crippen molar-refractivity contribution in [1.82, 2.24) is 4.98 Å². The summed E-state index contributed by atoms with van der Waals surface area (Å²) in [5, 5.41) is 14.7. The number of anilines is 1. The van der Waals surface area contributed by atoms with Gasteiger partial charge in [0, 0.05) is 23.4 Å². The fourth-order valence-corrected chi connectivity index (χ4v) is 4.12. The molecule has 0 saturated heterocycles. The molecule has 1 heterocycles. The molecule has 6 nitrogen and oxygen atoms in total. The lowest BCUT2D eigenvalue weighted by Crippen LogP contribution is -2.12. The molecule has 0 aliphatic rings. The first kappa shape index (κ1) is 19.0. The topological polar surface area (TPSA) is 85.1 Å². The zero-order valence-corrected chi connectivity index (χ0v) is 16.8. The Morgan fingerprint density at radius 1 is 1.10 bits per heavy atom. The summed E-state index contributed by atoms with van der Waals surface area (Å²) in [5.74, 6) is -0.512. The molecule has 3 aromatic carbocycles. The minimum atomic E-state index is -0.568. The number of halogens is 1. The second-order valence-corrected chi connectivity index (χ2v) is 7.88. The Morgan fingerprint density at radius 3 is 2.59 bits per heavy atom. The quantitative estimate of drug-likeness (QED) is 0.318. The van der Waals surface area contributed by atoms with Crippen molar-refractivity contribution in [2.75, 3.05) is 5.32 Å². The Bertz CT molecular complexity index is 1250. The molecule has 29 heavy (non-hydrogen) atoms. The van der Waals surface area contributed by atoms with E-state index in [1.807, 2.05) is 31.2 Å². The minimum absolute atomic E-state index is 0.0477. The van der Waals surface area contributed by atoms with Crippen LogP contribution in [0.25, 0.3) is 20.8 Å². The fraction of sp³-hybridized carbons (Fsp3) is 0.0476. The van der Waals surface area contributed by atoms with Crippen LogP contribution in [0.5, 0.6) is 0 Å². The molecule has 8 heteroatoms. The van der Waals surface area contributed by atoms with Crippen LogP contribution in [0.2, 0.25) is 5.02 Å². The van der Waals surface area contributed by atoms with E-state index < -0.39 is 10.8 Å². The summed E-state index contributed by atoms with van der Waals surface area (Å²) in [6.45, 7) is 2.05. The molecule has 4 aromatic rings. The number of nitro benzene ring substituents is 1. The second kappa shape index (κ2) is 7.62. The Kier molecular flexibility index (Phi) is 5.00. The highest BCUT2D eigenvalue weighted by atomic mass is 35.5. The minimum Gasteiger partial charge on any atom is -0.322 e. The number of hydrogen-bond donors (Lipinski definition) is 1. The summed E-state index contributed by atoms with van der Waals surface area (Å²) in [6.07, 6.45) is 0. The molecule has 0 saturated carbocycles. The molecule has 0 spiro atoms. The number of carbonyl (C=O) groups excluding carboxylic acids is 1. The van der Waals surface area contributed by atoms with Crippen LogP contribution in [0, 0.1) is 17.0 Å². The van der Waals surface area contributed by atoms with Crippen LogP contribution in [0.15, 0.2) is 60.7 Å². The average molecular weight is 424 g/mol. The summed E-state index contributed by atoms with van der Waals surface area (Å²) < 4.78 is 1.12. The van der Waals surface area contributed by atoms with E-state index in [4.69, 9.17) is 11.6 Å². The maximum Gasteiger partial charge on any atom is 0.270 e. The van der Waals surface area contributed by atoms with Gasteiger partial charge in [-0.25, -0.2) is 4.98 Å². The lowest BCUT2D eigenvalue weighted by Gasteiger charge is -2.07. The zero-order chi connectivity index (χ0) is 20.5. The van der Waals surface area contributed by atoms with Gasteiger partial charge in [-0.3, -0.25) is 14.9 Å². The van der Waals surface area contributed by atoms with Crippen molar-refractivity contribution >= 4 is 50.4 Å². The summed E-state index contributed by atoms with van der Waals surface area (Å²) in [4.78, 5) is 27.5. The van der Waals surface area contributed by atoms with E-state index in [-0.39, 0.29) is 16.3 Å². The predicted molar refractivity (Wildman–Crippen MR) is 116 cm³/mol. The number of carbonyl (C=O) groups is 1. The molecule has 1 N–H and O–H groups in total. The molecule has 0 fully saturated rings. The number of benzene rings is 3. The van der Waals surface area contributed by atoms with Crippen LogP contribution in [0.1, 0.15) is 15.9 Å². The zero-order valence-electron chi connectivity index (χ0n) is 15.2. The molecule has 4 rings (SSSR count). The molecule has 0 radical (unpaired) electrons. The molecule has 0 aliphatic heterocycles. The van der Waals surface area contributed by atoms with Gasteiger partial charge in [-0.2, -0.15) is 0 Å². The average Bonchev–Trinajstić information content (AvgIpc) is 3.11. The first-order valence-electron chi connectivity index (χ1n) is 8.63. The number of aromatic nitrogens is 1. The molecular weight excluding hydrogens is 410 g/mol. The van der Waals surface area contributed by atoms with Gasteiger partial charge in [0.05, 0.1) is 25.7 Å². The van der Waals surface area contributed by atoms with Gasteiger partial charge >= 0.3 is 0 Å². The lowest BCUT2D eigenvalue weighted by molar-refractivity contribution is -0.384. The van der Waals surface area contributed by atoms with Crippen LogP contribution >= 0.6 is 22.9 Å². The van der Waals surface area contributed by atoms with E-state index >= 15 is 0 Å². The normalized spacial score (nSPS) is 10.8. The smallest absolute Gasteiger partial charge is 0.270 e. The standard InChI is InChI=1S/C21H14ClN3O3S/c1-12-2-9-18-19(10-12)29-21(24-18)13-3-5-14(6-4-13)23-20(26)16-11-15(25(27)28)7-8-17(16)22/h2-11H,1H3,(H,23,26). The Balaban J connectivity index is 1.55. The van der Waals surface area contributed by atoms with Crippen LogP contribution in [0.4, 0.5) is 11.4 Å². The van der Waals surface area contributed by atoms with Crippen molar-refractivity contribution in [3.8, 4) is 10.6 Å². The number of nitrogens with zero attached hydrogens (tertiary/aromatic N) is 2. The number of non-ortho nitro benzene ring substituents is 1. The largest absolute Gasteiger partial charge is 0.322 e. The van der Waals surface area contributed by atoms with Gasteiger partial charge in [0.2, 0.25) is 0 Å². The first-order chi connectivity index (χ1) is 13.9. The lowest BCUT2D eigenvalue weighted by atomic mass is 10.1. The van der Waals surface area contributed by atoms with Crippen LogP contribution < -0.4 is 5.32 Å². The van der Waals surface area contributed by atoms with Crippen molar-refractivity contribution in [2.24, 2.45) is 0 Å². The van der Waals surface area contributed by atoms with Crippen molar-refractivity contribution in [3.05, 3.63) is 86.9 Å². The van der Waals surface area contributed by atoms with Crippen molar-refractivity contribution in [1.29, 1.82) is 0 Å². The monoisotopic (exact) mass is 423 g/mol. The predicted octanol–water partition coefficient (Wildman–Crippen LogP) is 6.09. The molecule has 144 valence electrons. The number of fused-ring (bicyclic) bond motifs is 1. The molecule has 0 unspecified atom stereocenters. The highest BCUT2D eigenvalue weighted by Gasteiger charge is 2.16. The van der Waals surface area contributed by atoms with Gasteiger partial charge in [0.15, 0.2) is 0 Å². The Hall–Kier alpha value is -3.29. The third-order valence-corrected chi connectivity index (χ3v) is 5.74.